The molecule has 2 unspecified atom stereocenters. The highest BCUT2D eigenvalue weighted by Gasteiger charge is 2.21. The Labute approximate surface area is 153 Å². The Morgan fingerprint density at radius 3 is 2.26 bits per heavy atom. The Kier molecular flexibility index (Phi) is 11.9. The number of likely N-dealkylation sites (tertiary alicyclic amines) is 1. The quantitative estimate of drug-likeness (QED) is 0.740. The Bertz CT molecular complexity index is 397. The molecule has 0 amide bonds. The third-order valence-corrected chi connectivity index (χ3v) is 4.28. The molecule has 0 bridgehead atoms. The Balaban J connectivity index is 0.00000242. The smallest absolute Gasteiger partial charge is 0.0943 e. The predicted molar refractivity (Wildman–Crippen MR) is 103 cm³/mol. The molecule has 1 aromatic carbocycles. The average Bonchev–Trinajstić information content (AvgIpc) is 2.99. The molecule has 1 aliphatic heterocycles. The van der Waals surface area contributed by atoms with Gasteiger partial charge in [-0.15, -0.1) is 24.8 Å². The summed E-state index contributed by atoms with van der Waals surface area (Å²) in [5.41, 5.74) is 1.01. The van der Waals surface area contributed by atoms with E-state index in [4.69, 9.17) is 0 Å². The number of nitrogens with zero attached hydrogens (tertiary/aromatic N) is 1. The number of aliphatic hydroxyl groups is 1. The molecule has 2 rings (SSSR count). The fourth-order valence-electron chi connectivity index (χ4n) is 3.13. The highest BCUT2D eigenvalue weighted by atomic mass is 35.5. The van der Waals surface area contributed by atoms with Gasteiger partial charge in [-0.25, -0.2) is 0 Å². The molecule has 5 heteroatoms. The number of hydrogen-bond donors (Lipinski definition) is 2. The maximum atomic E-state index is 10.6. The molecule has 1 heterocycles. The van der Waals surface area contributed by atoms with Crippen LogP contribution in [0, 0.1) is 5.92 Å². The minimum absolute atomic E-state index is 0. The zero-order valence-corrected chi connectivity index (χ0v) is 15.9. The summed E-state index contributed by atoms with van der Waals surface area (Å²) in [6.45, 7) is 8.95. The number of aliphatic hydroxyl groups excluding tert-OH is 1. The molecule has 2 N–H and O–H groups in total. The lowest BCUT2D eigenvalue weighted by molar-refractivity contribution is 0.115. The van der Waals surface area contributed by atoms with Crippen LogP contribution >= 0.6 is 24.8 Å². The first kappa shape index (κ1) is 22.7. The van der Waals surface area contributed by atoms with Gasteiger partial charge in [0.05, 0.1) is 6.10 Å². The van der Waals surface area contributed by atoms with E-state index in [1.807, 2.05) is 30.3 Å². The summed E-state index contributed by atoms with van der Waals surface area (Å²) in [5, 5.41) is 14.2. The van der Waals surface area contributed by atoms with Crippen LogP contribution < -0.4 is 5.32 Å². The molecule has 2 atom stereocenters. The number of halogens is 2. The first-order chi connectivity index (χ1) is 10.2. The summed E-state index contributed by atoms with van der Waals surface area (Å²) in [5.74, 6) is 0.577. The summed E-state index contributed by atoms with van der Waals surface area (Å²) in [4.78, 5) is 2.51. The van der Waals surface area contributed by atoms with Crippen molar-refractivity contribution < 1.29 is 5.11 Å². The highest BCUT2D eigenvalue weighted by Crippen LogP contribution is 2.21. The molecule has 1 saturated heterocycles. The van der Waals surface area contributed by atoms with Crippen LogP contribution in [0.2, 0.25) is 0 Å². The first-order valence-corrected chi connectivity index (χ1v) is 8.35. The fraction of sp³-hybridized carbons (Fsp3) is 0.667. The fourth-order valence-corrected chi connectivity index (χ4v) is 3.13. The van der Waals surface area contributed by atoms with Crippen LogP contribution in [0.25, 0.3) is 0 Å². The molecule has 3 nitrogen and oxygen atoms in total. The molecular formula is C18H32Cl2N2O. The Morgan fingerprint density at radius 1 is 1.09 bits per heavy atom. The van der Waals surface area contributed by atoms with Crippen molar-refractivity contribution in [1.82, 2.24) is 10.2 Å². The van der Waals surface area contributed by atoms with Crippen molar-refractivity contribution in [2.24, 2.45) is 5.92 Å². The van der Waals surface area contributed by atoms with Gasteiger partial charge in [0.1, 0.15) is 0 Å². The third-order valence-electron chi connectivity index (χ3n) is 4.28. The van der Waals surface area contributed by atoms with E-state index >= 15 is 0 Å². The van der Waals surface area contributed by atoms with E-state index in [0.29, 0.717) is 5.92 Å². The van der Waals surface area contributed by atoms with E-state index in [1.165, 1.54) is 25.9 Å². The molecule has 1 fully saturated rings. The van der Waals surface area contributed by atoms with Gasteiger partial charge in [0.15, 0.2) is 0 Å². The third kappa shape index (κ3) is 7.86. The van der Waals surface area contributed by atoms with Gasteiger partial charge in [-0.1, -0.05) is 44.2 Å². The standard InChI is InChI=1S/C18H30N2O.2ClH/c1-15(2)14-17(18(21)16-8-4-3-5-9-16)19-10-13-20-11-6-7-12-20;;/h3-5,8-9,15,17-19,21H,6-7,10-14H2,1-2H3;2*1H. The van der Waals surface area contributed by atoms with Crippen LogP contribution in [0.3, 0.4) is 0 Å². The summed E-state index contributed by atoms with van der Waals surface area (Å²) in [6.07, 6.45) is 3.24. The second kappa shape index (κ2) is 12.1. The van der Waals surface area contributed by atoms with Gasteiger partial charge in [-0.05, 0) is 43.8 Å². The molecule has 0 saturated carbocycles. The minimum atomic E-state index is -0.424. The van der Waals surface area contributed by atoms with E-state index in [2.05, 4.69) is 24.1 Å². The van der Waals surface area contributed by atoms with Crippen molar-refractivity contribution in [2.75, 3.05) is 26.2 Å². The Morgan fingerprint density at radius 2 is 1.70 bits per heavy atom. The second-order valence-electron chi connectivity index (χ2n) is 6.59. The van der Waals surface area contributed by atoms with Gasteiger partial charge in [0, 0.05) is 19.1 Å². The van der Waals surface area contributed by atoms with Gasteiger partial charge in [-0.3, -0.25) is 0 Å². The summed E-state index contributed by atoms with van der Waals surface area (Å²) in [6, 6.07) is 10.1. The molecule has 1 aromatic rings. The molecule has 0 aromatic heterocycles. The molecule has 0 aliphatic carbocycles. The SMILES string of the molecule is CC(C)CC(NCCN1CCCC1)C(O)c1ccccc1.Cl.Cl. The van der Waals surface area contributed by atoms with Gasteiger partial charge < -0.3 is 15.3 Å². The van der Waals surface area contributed by atoms with E-state index < -0.39 is 6.10 Å². The average molecular weight is 363 g/mol. The minimum Gasteiger partial charge on any atom is -0.387 e. The van der Waals surface area contributed by atoms with E-state index in [1.54, 1.807) is 0 Å². The molecule has 1 aliphatic rings. The number of rotatable bonds is 8. The summed E-state index contributed by atoms with van der Waals surface area (Å²) < 4.78 is 0. The van der Waals surface area contributed by atoms with Crippen molar-refractivity contribution in [3.8, 4) is 0 Å². The van der Waals surface area contributed by atoms with Crippen molar-refractivity contribution in [3.63, 3.8) is 0 Å². The predicted octanol–water partition coefficient (Wildman–Crippen LogP) is 3.66. The monoisotopic (exact) mass is 362 g/mol. The van der Waals surface area contributed by atoms with Crippen molar-refractivity contribution in [1.29, 1.82) is 0 Å². The van der Waals surface area contributed by atoms with E-state index in [-0.39, 0.29) is 30.9 Å². The molecule has 134 valence electrons. The second-order valence-corrected chi connectivity index (χ2v) is 6.59. The zero-order valence-electron chi connectivity index (χ0n) is 14.3. The van der Waals surface area contributed by atoms with E-state index in [9.17, 15) is 5.11 Å². The Hall–Kier alpha value is -0.320. The lowest BCUT2D eigenvalue weighted by Gasteiger charge is -2.27. The van der Waals surface area contributed by atoms with Gasteiger partial charge >= 0.3 is 0 Å². The number of nitrogens with one attached hydrogen (secondary N) is 1. The summed E-state index contributed by atoms with van der Waals surface area (Å²) in [7, 11) is 0. The van der Waals surface area contributed by atoms with Gasteiger partial charge in [0.25, 0.3) is 0 Å². The molecule has 0 spiro atoms. The van der Waals surface area contributed by atoms with Crippen LogP contribution in [-0.2, 0) is 0 Å². The summed E-state index contributed by atoms with van der Waals surface area (Å²) >= 11 is 0. The van der Waals surface area contributed by atoms with Gasteiger partial charge in [0.2, 0.25) is 0 Å². The normalized spacial score (nSPS) is 17.4. The number of benzene rings is 1. The van der Waals surface area contributed by atoms with Crippen molar-refractivity contribution in [2.45, 2.75) is 45.3 Å². The highest BCUT2D eigenvalue weighted by molar-refractivity contribution is 5.85. The van der Waals surface area contributed by atoms with Crippen molar-refractivity contribution >= 4 is 24.8 Å². The van der Waals surface area contributed by atoms with Crippen LogP contribution in [0.4, 0.5) is 0 Å². The van der Waals surface area contributed by atoms with Gasteiger partial charge in [-0.2, -0.15) is 0 Å². The van der Waals surface area contributed by atoms with Crippen LogP contribution in [-0.4, -0.2) is 42.2 Å². The molecular weight excluding hydrogens is 331 g/mol. The molecule has 0 radical (unpaired) electrons. The maximum Gasteiger partial charge on any atom is 0.0943 e. The lowest BCUT2D eigenvalue weighted by atomic mass is 9.94. The molecule has 23 heavy (non-hydrogen) atoms. The lowest BCUT2D eigenvalue weighted by Crippen LogP contribution is -2.40. The maximum absolute atomic E-state index is 10.6. The zero-order chi connectivity index (χ0) is 15.1. The largest absolute Gasteiger partial charge is 0.387 e. The van der Waals surface area contributed by atoms with E-state index in [0.717, 1.165) is 25.1 Å². The topological polar surface area (TPSA) is 35.5 Å². The van der Waals surface area contributed by atoms with Crippen LogP contribution in [0.1, 0.15) is 44.8 Å². The van der Waals surface area contributed by atoms with Crippen molar-refractivity contribution in [3.05, 3.63) is 35.9 Å². The van der Waals surface area contributed by atoms with Crippen LogP contribution in [0.5, 0.6) is 0 Å². The first-order valence-electron chi connectivity index (χ1n) is 8.35. The number of hydrogen-bond acceptors (Lipinski definition) is 3. The van der Waals surface area contributed by atoms with Crippen LogP contribution in [0.15, 0.2) is 30.3 Å².